The molecule has 14 heavy (non-hydrogen) atoms. The Kier molecular flexibility index (Phi) is 4.43. The average molecular weight is 200 g/mol. The van der Waals surface area contributed by atoms with Gasteiger partial charge in [-0.25, -0.2) is 0 Å². The third-order valence-electron chi connectivity index (χ3n) is 2.50. The van der Waals surface area contributed by atoms with E-state index in [9.17, 15) is 9.59 Å². The van der Waals surface area contributed by atoms with Gasteiger partial charge >= 0.3 is 11.9 Å². The molecule has 0 saturated heterocycles. The van der Waals surface area contributed by atoms with Crippen LogP contribution in [-0.4, -0.2) is 23.7 Å². The number of carboxylic acid groups (broad SMARTS) is 1. The monoisotopic (exact) mass is 200 g/mol. The first-order chi connectivity index (χ1) is 6.68. The van der Waals surface area contributed by atoms with E-state index in [0.717, 1.165) is 12.8 Å². The maximum absolute atomic E-state index is 11.0. The van der Waals surface area contributed by atoms with Crippen molar-refractivity contribution in [1.82, 2.24) is 0 Å². The van der Waals surface area contributed by atoms with E-state index in [2.05, 4.69) is 0 Å². The number of hydrogen-bond acceptors (Lipinski definition) is 3. The third-order valence-corrected chi connectivity index (χ3v) is 2.50. The molecular formula is C10H16O4. The summed E-state index contributed by atoms with van der Waals surface area (Å²) in [5, 5.41) is 8.33. The molecule has 0 aromatic carbocycles. The van der Waals surface area contributed by atoms with Gasteiger partial charge in [0.15, 0.2) is 0 Å². The summed E-state index contributed by atoms with van der Waals surface area (Å²) in [6.45, 7) is 0.471. The molecule has 1 fully saturated rings. The highest BCUT2D eigenvalue weighted by atomic mass is 16.5. The zero-order chi connectivity index (χ0) is 10.4. The smallest absolute Gasteiger partial charge is 0.306 e. The minimum atomic E-state index is -0.956. The summed E-state index contributed by atoms with van der Waals surface area (Å²) in [5.74, 6) is -0.842. The standard InChI is InChI=1S/C10H16O4/c11-9(12)5-6-10(13)14-7-8-3-1-2-4-8/h8H,1-7H2,(H,11,12). The van der Waals surface area contributed by atoms with E-state index in [1.165, 1.54) is 12.8 Å². The molecule has 1 aliphatic rings. The van der Waals surface area contributed by atoms with E-state index in [1.807, 2.05) is 0 Å². The van der Waals surface area contributed by atoms with Gasteiger partial charge in [0.2, 0.25) is 0 Å². The molecule has 1 saturated carbocycles. The lowest BCUT2D eigenvalue weighted by molar-refractivity contribution is -0.148. The number of esters is 1. The van der Waals surface area contributed by atoms with Gasteiger partial charge in [-0.2, -0.15) is 0 Å². The number of carbonyl (C=O) groups is 2. The van der Waals surface area contributed by atoms with Crippen molar-refractivity contribution in [1.29, 1.82) is 0 Å². The molecular weight excluding hydrogens is 184 g/mol. The lowest BCUT2D eigenvalue weighted by Gasteiger charge is -2.09. The molecule has 80 valence electrons. The van der Waals surface area contributed by atoms with Crippen LogP contribution in [-0.2, 0) is 14.3 Å². The molecule has 0 heterocycles. The molecule has 4 heteroatoms. The Balaban J connectivity index is 2.05. The predicted molar refractivity (Wildman–Crippen MR) is 49.8 cm³/mol. The lowest BCUT2D eigenvalue weighted by Crippen LogP contribution is -2.12. The van der Waals surface area contributed by atoms with Crippen molar-refractivity contribution in [2.45, 2.75) is 38.5 Å². The largest absolute Gasteiger partial charge is 0.481 e. The van der Waals surface area contributed by atoms with Crippen molar-refractivity contribution >= 4 is 11.9 Å². The fraction of sp³-hybridized carbons (Fsp3) is 0.800. The van der Waals surface area contributed by atoms with Crippen molar-refractivity contribution in [3.63, 3.8) is 0 Å². The summed E-state index contributed by atoms with van der Waals surface area (Å²) in [7, 11) is 0. The molecule has 0 aromatic rings. The van der Waals surface area contributed by atoms with E-state index >= 15 is 0 Å². The highest BCUT2D eigenvalue weighted by Crippen LogP contribution is 2.24. The van der Waals surface area contributed by atoms with Crippen molar-refractivity contribution in [3.05, 3.63) is 0 Å². The number of hydrogen-bond donors (Lipinski definition) is 1. The SMILES string of the molecule is O=C(O)CCC(=O)OCC1CCCC1. The minimum absolute atomic E-state index is 0.0119. The van der Waals surface area contributed by atoms with Crippen LogP contribution in [0.3, 0.4) is 0 Å². The molecule has 0 bridgehead atoms. The Labute approximate surface area is 83.2 Å². The van der Waals surface area contributed by atoms with Gasteiger partial charge in [-0.05, 0) is 18.8 Å². The van der Waals surface area contributed by atoms with Gasteiger partial charge in [-0.1, -0.05) is 12.8 Å². The van der Waals surface area contributed by atoms with E-state index in [0.29, 0.717) is 12.5 Å². The lowest BCUT2D eigenvalue weighted by atomic mass is 10.1. The van der Waals surface area contributed by atoms with E-state index < -0.39 is 5.97 Å². The highest BCUT2D eigenvalue weighted by Gasteiger charge is 2.17. The number of rotatable bonds is 5. The summed E-state index contributed by atoms with van der Waals surface area (Å²) < 4.78 is 4.97. The van der Waals surface area contributed by atoms with Crippen LogP contribution >= 0.6 is 0 Å². The Morgan fingerprint density at radius 1 is 1.21 bits per heavy atom. The first-order valence-electron chi connectivity index (χ1n) is 5.06. The first kappa shape index (κ1) is 11.0. The van der Waals surface area contributed by atoms with Crippen LogP contribution in [0.1, 0.15) is 38.5 Å². The van der Waals surface area contributed by atoms with Crippen LogP contribution in [0.15, 0.2) is 0 Å². The fourth-order valence-electron chi connectivity index (χ4n) is 1.67. The summed E-state index contributed by atoms with van der Waals surface area (Å²) in [6.07, 6.45) is 4.55. The van der Waals surface area contributed by atoms with Gasteiger partial charge in [-0.15, -0.1) is 0 Å². The van der Waals surface area contributed by atoms with Gasteiger partial charge in [0.1, 0.15) is 0 Å². The molecule has 0 atom stereocenters. The minimum Gasteiger partial charge on any atom is -0.481 e. The maximum Gasteiger partial charge on any atom is 0.306 e. The number of ether oxygens (including phenoxy) is 1. The quantitative estimate of drug-likeness (QED) is 0.684. The number of carboxylic acids is 1. The normalized spacial score (nSPS) is 16.9. The highest BCUT2D eigenvalue weighted by molar-refractivity contribution is 5.76. The Morgan fingerprint density at radius 2 is 1.86 bits per heavy atom. The average Bonchev–Trinajstić information content (AvgIpc) is 2.63. The summed E-state index contributed by atoms with van der Waals surface area (Å²) >= 11 is 0. The van der Waals surface area contributed by atoms with Crippen molar-refractivity contribution in [2.75, 3.05) is 6.61 Å². The number of carbonyl (C=O) groups excluding carboxylic acids is 1. The second-order valence-electron chi connectivity index (χ2n) is 3.73. The van der Waals surface area contributed by atoms with Crippen LogP contribution in [0.25, 0.3) is 0 Å². The summed E-state index contributed by atoms with van der Waals surface area (Å²) in [5.41, 5.74) is 0. The van der Waals surface area contributed by atoms with Crippen LogP contribution in [0.5, 0.6) is 0 Å². The van der Waals surface area contributed by atoms with Crippen LogP contribution in [0, 0.1) is 5.92 Å². The molecule has 0 aromatic heterocycles. The third kappa shape index (κ3) is 4.25. The second-order valence-corrected chi connectivity index (χ2v) is 3.73. The summed E-state index contributed by atoms with van der Waals surface area (Å²) in [4.78, 5) is 21.2. The van der Waals surface area contributed by atoms with Crippen molar-refractivity contribution < 1.29 is 19.4 Å². The Hall–Kier alpha value is -1.06. The molecule has 1 rings (SSSR count). The molecule has 1 aliphatic carbocycles. The van der Waals surface area contributed by atoms with Gasteiger partial charge in [-0.3, -0.25) is 9.59 Å². The van der Waals surface area contributed by atoms with E-state index in [1.54, 1.807) is 0 Å². The maximum atomic E-state index is 11.0. The molecule has 0 aliphatic heterocycles. The Bertz CT molecular complexity index is 206. The zero-order valence-electron chi connectivity index (χ0n) is 8.20. The summed E-state index contributed by atoms with van der Waals surface area (Å²) in [6, 6.07) is 0. The molecule has 0 amide bonds. The fourth-order valence-corrected chi connectivity index (χ4v) is 1.67. The van der Waals surface area contributed by atoms with Crippen molar-refractivity contribution in [3.8, 4) is 0 Å². The predicted octanol–water partition coefficient (Wildman–Crippen LogP) is 1.58. The number of aliphatic carboxylic acids is 1. The zero-order valence-corrected chi connectivity index (χ0v) is 8.20. The van der Waals surface area contributed by atoms with Gasteiger partial charge in [0.05, 0.1) is 19.4 Å². The molecule has 4 nitrogen and oxygen atoms in total. The molecule has 0 unspecified atom stereocenters. The van der Waals surface area contributed by atoms with E-state index in [-0.39, 0.29) is 18.8 Å². The molecule has 1 N–H and O–H groups in total. The van der Waals surface area contributed by atoms with Crippen LogP contribution in [0.4, 0.5) is 0 Å². The van der Waals surface area contributed by atoms with Crippen LogP contribution in [0.2, 0.25) is 0 Å². The van der Waals surface area contributed by atoms with Crippen molar-refractivity contribution in [2.24, 2.45) is 5.92 Å². The van der Waals surface area contributed by atoms with Crippen LogP contribution < -0.4 is 0 Å². The topological polar surface area (TPSA) is 63.6 Å². The molecule has 0 radical (unpaired) electrons. The van der Waals surface area contributed by atoms with Gasteiger partial charge in [0, 0.05) is 0 Å². The molecule has 0 spiro atoms. The second kappa shape index (κ2) is 5.62. The van der Waals surface area contributed by atoms with E-state index in [4.69, 9.17) is 9.84 Å². The van der Waals surface area contributed by atoms with Gasteiger partial charge < -0.3 is 9.84 Å². The van der Waals surface area contributed by atoms with Gasteiger partial charge in [0.25, 0.3) is 0 Å². The first-order valence-corrected chi connectivity index (χ1v) is 5.06. The Morgan fingerprint density at radius 3 is 2.43 bits per heavy atom.